The Bertz CT molecular complexity index is 812. The van der Waals surface area contributed by atoms with E-state index in [0.717, 1.165) is 18.7 Å². The number of thiocarbonyl (C=S) groups is 1. The van der Waals surface area contributed by atoms with Crippen LogP contribution >= 0.6 is 35.4 Å². The van der Waals surface area contributed by atoms with Gasteiger partial charge < -0.3 is 15.0 Å². The summed E-state index contributed by atoms with van der Waals surface area (Å²) in [7, 11) is 0. The molecule has 0 unspecified atom stereocenters. The summed E-state index contributed by atoms with van der Waals surface area (Å²) in [5, 5.41) is 4.79. The molecule has 28 heavy (non-hydrogen) atoms. The van der Waals surface area contributed by atoms with E-state index in [1.165, 1.54) is 6.07 Å². The highest BCUT2D eigenvalue weighted by atomic mass is 35.5. The third kappa shape index (κ3) is 5.44. The molecule has 1 N–H and O–H groups in total. The fourth-order valence-corrected chi connectivity index (χ4v) is 3.79. The van der Waals surface area contributed by atoms with Crippen molar-refractivity contribution < 1.29 is 13.5 Å². The van der Waals surface area contributed by atoms with Crippen molar-refractivity contribution in [3.05, 3.63) is 58.1 Å². The molecule has 1 saturated heterocycles. The fraction of sp³-hybridized carbons (Fsp3) is 0.316. The second-order valence-corrected chi connectivity index (χ2v) is 7.47. The van der Waals surface area contributed by atoms with Crippen molar-refractivity contribution in [2.45, 2.75) is 13.2 Å². The summed E-state index contributed by atoms with van der Waals surface area (Å²) in [5.74, 6) is 0.0619. The van der Waals surface area contributed by atoms with Gasteiger partial charge in [0.1, 0.15) is 5.75 Å². The van der Waals surface area contributed by atoms with Gasteiger partial charge in [-0.05, 0) is 36.5 Å². The third-order valence-electron chi connectivity index (χ3n) is 4.45. The largest absolute Gasteiger partial charge is 0.433 e. The lowest BCUT2D eigenvalue weighted by molar-refractivity contribution is -0.0493. The van der Waals surface area contributed by atoms with E-state index in [2.05, 4.69) is 15.0 Å². The highest BCUT2D eigenvalue weighted by Crippen LogP contribution is 2.27. The first-order chi connectivity index (χ1) is 13.4. The predicted octanol–water partition coefficient (Wildman–Crippen LogP) is 5.11. The quantitative estimate of drug-likeness (QED) is 0.645. The Hall–Kier alpha value is -1.67. The smallest absolute Gasteiger partial charge is 0.387 e. The summed E-state index contributed by atoms with van der Waals surface area (Å²) in [6.45, 7) is 0.725. The molecule has 0 radical (unpaired) electrons. The van der Waals surface area contributed by atoms with E-state index in [4.69, 9.17) is 35.4 Å². The number of halogens is 4. The number of nitrogens with zero attached hydrogens (tertiary/aromatic N) is 2. The number of benzene rings is 2. The lowest BCUT2D eigenvalue weighted by Crippen LogP contribution is -2.49. The van der Waals surface area contributed by atoms with Gasteiger partial charge in [0, 0.05) is 48.3 Å². The molecule has 0 amide bonds. The zero-order chi connectivity index (χ0) is 20.1. The molecule has 0 atom stereocenters. The summed E-state index contributed by atoms with van der Waals surface area (Å²) in [6, 6.07) is 12.0. The van der Waals surface area contributed by atoms with Gasteiger partial charge in [-0.15, -0.1) is 0 Å². The Labute approximate surface area is 178 Å². The predicted molar refractivity (Wildman–Crippen MR) is 113 cm³/mol. The maximum atomic E-state index is 12.6. The number of hydrogen-bond donors (Lipinski definition) is 1. The minimum atomic E-state index is -2.89. The Morgan fingerprint density at radius 3 is 2.32 bits per heavy atom. The van der Waals surface area contributed by atoms with Gasteiger partial charge in [-0.1, -0.05) is 41.4 Å². The number of ether oxygens (including phenoxy) is 1. The monoisotopic (exact) mass is 445 g/mol. The first-order valence-corrected chi connectivity index (χ1v) is 9.85. The van der Waals surface area contributed by atoms with Crippen molar-refractivity contribution in [3.8, 4) is 5.75 Å². The first-order valence-electron chi connectivity index (χ1n) is 8.69. The van der Waals surface area contributed by atoms with Crippen LogP contribution in [0, 0.1) is 0 Å². The van der Waals surface area contributed by atoms with Gasteiger partial charge in [0.15, 0.2) is 5.11 Å². The van der Waals surface area contributed by atoms with Gasteiger partial charge in [0.2, 0.25) is 0 Å². The first kappa shape index (κ1) is 21.0. The lowest BCUT2D eigenvalue weighted by Gasteiger charge is -2.36. The van der Waals surface area contributed by atoms with E-state index in [9.17, 15) is 8.78 Å². The minimum absolute atomic E-state index is 0.0619. The molecule has 1 aliphatic rings. The molecular formula is C19H19Cl2F2N3OS. The summed E-state index contributed by atoms with van der Waals surface area (Å²) >= 11 is 18.0. The van der Waals surface area contributed by atoms with E-state index < -0.39 is 6.61 Å². The van der Waals surface area contributed by atoms with Crippen molar-refractivity contribution in [2.75, 3.05) is 31.5 Å². The molecule has 1 heterocycles. The Balaban J connectivity index is 1.56. The fourth-order valence-electron chi connectivity index (χ4n) is 2.98. The van der Waals surface area contributed by atoms with Crippen molar-refractivity contribution in [1.29, 1.82) is 0 Å². The molecule has 0 bridgehead atoms. The summed E-state index contributed by atoms with van der Waals surface area (Å²) in [4.78, 5) is 4.25. The highest BCUT2D eigenvalue weighted by molar-refractivity contribution is 7.80. The van der Waals surface area contributed by atoms with Crippen molar-refractivity contribution in [2.24, 2.45) is 0 Å². The maximum Gasteiger partial charge on any atom is 0.387 e. The second-order valence-electron chi connectivity index (χ2n) is 6.27. The van der Waals surface area contributed by atoms with Gasteiger partial charge >= 0.3 is 6.61 Å². The van der Waals surface area contributed by atoms with Crippen LogP contribution in [0.2, 0.25) is 10.0 Å². The molecule has 150 valence electrons. The summed E-state index contributed by atoms with van der Waals surface area (Å²) < 4.78 is 29.6. The van der Waals surface area contributed by atoms with Gasteiger partial charge in [0.25, 0.3) is 0 Å². The molecule has 4 nitrogen and oxygen atoms in total. The Morgan fingerprint density at radius 1 is 1.04 bits per heavy atom. The maximum absolute atomic E-state index is 12.6. The van der Waals surface area contributed by atoms with Crippen molar-refractivity contribution in [1.82, 2.24) is 9.80 Å². The average molecular weight is 446 g/mol. The van der Waals surface area contributed by atoms with Crippen LogP contribution < -0.4 is 10.1 Å². The van der Waals surface area contributed by atoms with Crippen LogP contribution in [-0.4, -0.2) is 47.7 Å². The van der Waals surface area contributed by atoms with E-state index in [0.29, 0.717) is 40.5 Å². The number of piperazine rings is 1. The lowest BCUT2D eigenvalue weighted by atomic mass is 10.2. The molecule has 9 heteroatoms. The van der Waals surface area contributed by atoms with Crippen LogP contribution in [-0.2, 0) is 6.54 Å². The normalized spacial score (nSPS) is 15.0. The molecule has 1 aliphatic heterocycles. The zero-order valence-electron chi connectivity index (χ0n) is 14.9. The van der Waals surface area contributed by atoms with Crippen LogP contribution in [0.5, 0.6) is 5.75 Å². The molecule has 2 aromatic carbocycles. The van der Waals surface area contributed by atoms with Gasteiger partial charge in [-0.3, -0.25) is 4.90 Å². The van der Waals surface area contributed by atoms with E-state index in [1.54, 1.807) is 18.2 Å². The Morgan fingerprint density at radius 2 is 1.68 bits per heavy atom. The second kappa shape index (κ2) is 9.69. The van der Waals surface area contributed by atoms with Crippen LogP contribution in [0.1, 0.15) is 5.56 Å². The third-order valence-corrected chi connectivity index (χ3v) is 5.52. The number of hydrogen-bond acceptors (Lipinski definition) is 3. The van der Waals surface area contributed by atoms with E-state index in [-0.39, 0.29) is 5.75 Å². The molecule has 3 rings (SSSR count). The molecule has 0 aliphatic carbocycles. The zero-order valence-corrected chi connectivity index (χ0v) is 17.2. The number of alkyl halides is 2. The minimum Gasteiger partial charge on any atom is -0.433 e. The molecule has 2 aromatic rings. The topological polar surface area (TPSA) is 27.7 Å². The number of para-hydroxylation sites is 2. The number of nitrogens with one attached hydrogen (secondary N) is 1. The average Bonchev–Trinajstić information content (AvgIpc) is 2.66. The van der Waals surface area contributed by atoms with Crippen LogP contribution in [0.3, 0.4) is 0 Å². The highest BCUT2D eigenvalue weighted by Gasteiger charge is 2.21. The van der Waals surface area contributed by atoms with E-state index in [1.807, 2.05) is 23.1 Å². The van der Waals surface area contributed by atoms with Gasteiger partial charge in [-0.25, -0.2) is 0 Å². The van der Waals surface area contributed by atoms with E-state index >= 15 is 0 Å². The van der Waals surface area contributed by atoms with Gasteiger partial charge in [0.05, 0.1) is 5.69 Å². The molecule has 0 aromatic heterocycles. The number of anilines is 1. The standard InChI is InChI=1S/C19H19Cl2F2N3OS/c20-14-4-3-5-15(21)13(14)12-25-8-10-26(11-9-25)19(28)24-16-6-1-2-7-17(16)27-18(22)23/h1-7,18H,8-12H2,(H,24,28). The number of rotatable bonds is 5. The molecule has 0 saturated carbocycles. The summed E-state index contributed by atoms with van der Waals surface area (Å²) in [6.07, 6.45) is 0. The Kier molecular flexibility index (Phi) is 7.29. The summed E-state index contributed by atoms with van der Waals surface area (Å²) in [5.41, 5.74) is 1.33. The molecular weight excluding hydrogens is 427 g/mol. The van der Waals surface area contributed by atoms with Crippen molar-refractivity contribution >= 4 is 46.2 Å². The van der Waals surface area contributed by atoms with Crippen LogP contribution in [0.15, 0.2) is 42.5 Å². The van der Waals surface area contributed by atoms with Crippen LogP contribution in [0.4, 0.5) is 14.5 Å². The van der Waals surface area contributed by atoms with Gasteiger partial charge in [-0.2, -0.15) is 8.78 Å². The van der Waals surface area contributed by atoms with Crippen LogP contribution in [0.25, 0.3) is 0 Å². The molecule has 1 fully saturated rings. The SMILES string of the molecule is FC(F)Oc1ccccc1NC(=S)N1CCN(Cc2c(Cl)cccc2Cl)CC1. The van der Waals surface area contributed by atoms with Crippen molar-refractivity contribution in [3.63, 3.8) is 0 Å². The molecule has 0 spiro atoms.